The molecule has 2 atom stereocenters. The van der Waals surface area contributed by atoms with Crippen LogP contribution in [-0.4, -0.2) is 53.0 Å². The molecule has 1 fully saturated rings. The monoisotopic (exact) mass is 409 g/mol. The van der Waals surface area contributed by atoms with Gasteiger partial charge in [0.2, 0.25) is 0 Å². The molecule has 1 amide bonds. The first-order chi connectivity index (χ1) is 14.2. The maximum Gasteiger partial charge on any atom is 0.410 e. The van der Waals surface area contributed by atoms with Gasteiger partial charge in [-0.15, -0.1) is 0 Å². The van der Waals surface area contributed by atoms with Crippen molar-refractivity contribution in [1.82, 2.24) is 4.90 Å². The number of carboxylic acids is 1. The van der Waals surface area contributed by atoms with Crippen molar-refractivity contribution < 1.29 is 24.2 Å². The van der Waals surface area contributed by atoms with Crippen LogP contribution in [0.1, 0.15) is 44.2 Å². The highest BCUT2D eigenvalue weighted by Gasteiger charge is 2.42. The van der Waals surface area contributed by atoms with Gasteiger partial charge in [-0.1, -0.05) is 48.5 Å². The van der Waals surface area contributed by atoms with E-state index in [-0.39, 0.29) is 31.6 Å². The van der Waals surface area contributed by atoms with Gasteiger partial charge in [0.1, 0.15) is 12.6 Å². The van der Waals surface area contributed by atoms with Crippen LogP contribution in [0.2, 0.25) is 0 Å². The van der Waals surface area contributed by atoms with Gasteiger partial charge in [0, 0.05) is 12.3 Å². The summed E-state index contributed by atoms with van der Waals surface area (Å²) in [7, 11) is 0. The van der Waals surface area contributed by atoms with E-state index in [0.717, 1.165) is 22.3 Å². The van der Waals surface area contributed by atoms with Crippen molar-refractivity contribution in [2.75, 3.05) is 13.2 Å². The van der Waals surface area contributed by atoms with Gasteiger partial charge in [0.25, 0.3) is 0 Å². The average Bonchev–Trinajstić information content (AvgIpc) is 3.24. The molecule has 1 N–H and O–H groups in total. The molecule has 30 heavy (non-hydrogen) atoms. The normalized spacial score (nSPS) is 20.7. The number of nitrogens with zero attached hydrogens (tertiary/aromatic N) is 1. The van der Waals surface area contributed by atoms with Gasteiger partial charge >= 0.3 is 12.1 Å². The van der Waals surface area contributed by atoms with Crippen molar-refractivity contribution in [2.45, 2.75) is 50.9 Å². The molecule has 1 aliphatic heterocycles. The maximum atomic E-state index is 12.8. The Balaban J connectivity index is 1.48. The molecule has 6 heteroatoms. The predicted octanol–water partition coefficient (Wildman–Crippen LogP) is 4.28. The number of aliphatic carboxylic acids is 1. The highest BCUT2D eigenvalue weighted by Crippen LogP contribution is 2.44. The topological polar surface area (TPSA) is 76.1 Å². The Morgan fingerprint density at radius 3 is 2.13 bits per heavy atom. The molecule has 0 radical (unpaired) electrons. The Morgan fingerprint density at radius 2 is 1.60 bits per heavy atom. The maximum absolute atomic E-state index is 12.8. The molecule has 4 rings (SSSR count). The minimum atomic E-state index is -1.04. The first kappa shape index (κ1) is 20.4. The molecule has 6 nitrogen and oxygen atoms in total. The van der Waals surface area contributed by atoms with Gasteiger partial charge in [-0.05, 0) is 43.0 Å². The van der Waals surface area contributed by atoms with Crippen LogP contribution in [-0.2, 0) is 14.3 Å². The van der Waals surface area contributed by atoms with Crippen molar-refractivity contribution in [3.05, 3.63) is 59.7 Å². The van der Waals surface area contributed by atoms with Gasteiger partial charge in [-0.2, -0.15) is 0 Å². The van der Waals surface area contributed by atoms with E-state index < -0.39 is 23.7 Å². The molecule has 0 bridgehead atoms. The van der Waals surface area contributed by atoms with E-state index in [2.05, 4.69) is 24.3 Å². The summed E-state index contributed by atoms with van der Waals surface area (Å²) in [6.45, 7) is 6.13. The van der Waals surface area contributed by atoms with Gasteiger partial charge in [0.05, 0.1) is 18.2 Å². The second kappa shape index (κ2) is 7.76. The molecule has 1 heterocycles. The smallest absolute Gasteiger partial charge is 0.410 e. The van der Waals surface area contributed by atoms with E-state index in [4.69, 9.17) is 9.47 Å². The van der Waals surface area contributed by atoms with Crippen LogP contribution in [0, 0.1) is 0 Å². The zero-order valence-electron chi connectivity index (χ0n) is 17.5. The van der Waals surface area contributed by atoms with Gasteiger partial charge in [-0.3, -0.25) is 4.90 Å². The SMILES string of the molecule is CC(C)(C)O[C@H]1C[C@H](C(=O)O)N(C(=O)OCC2c3ccccc3-c3ccccc32)C1. The third-order valence-electron chi connectivity index (χ3n) is 5.64. The Morgan fingerprint density at radius 1 is 1.03 bits per heavy atom. The Hall–Kier alpha value is -2.86. The molecule has 1 aliphatic carbocycles. The van der Waals surface area contributed by atoms with Crippen molar-refractivity contribution in [3.8, 4) is 11.1 Å². The lowest BCUT2D eigenvalue weighted by Gasteiger charge is -2.25. The molecule has 0 unspecified atom stereocenters. The van der Waals surface area contributed by atoms with E-state index in [9.17, 15) is 14.7 Å². The van der Waals surface area contributed by atoms with Crippen molar-refractivity contribution in [3.63, 3.8) is 0 Å². The number of likely N-dealkylation sites (tertiary alicyclic amines) is 1. The summed E-state index contributed by atoms with van der Waals surface area (Å²) in [6.07, 6.45) is -0.674. The van der Waals surface area contributed by atoms with Gasteiger partial charge < -0.3 is 14.6 Å². The molecule has 0 saturated carbocycles. The number of ether oxygens (including phenoxy) is 2. The number of fused-ring (bicyclic) bond motifs is 3. The third kappa shape index (κ3) is 3.92. The highest BCUT2D eigenvalue weighted by molar-refractivity contribution is 5.81. The fraction of sp³-hybridized carbons (Fsp3) is 0.417. The quantitative estimate of drug-likeness (QED) is 0.816. The van der Waals surface area contributed by atoms with Gasteiger partial charge in [0.15, 0.2) is 0 Å². The molecule has 0 spiro atoms. The molecule has 0 aromatic heterocycles. The fourth-order valence-electron chi connectivity index (χ4n) is 4.50. The zero-order chi connectivity index (χ0) is 21.5. The van der Waals surface area contributed by atoms with Crippen LogP contribution >= 0.6 is 0 Å². The molecule has 2 aliphatic rings. The number of carbonyl (C=O) groups excluding carboxylic acids is 1. The van der Waals surface area contributed by atoms with Crippen LogP contribution < -0.4 is 0 Å². The van der Waals surface area contributed by atoms with Crippen LogP contribution in [0.15, 0.2) is 48.5 Å². The molecular formula is C24H27NO5. The van der Waals surface area contributed by atoms with Crippen LogP contribution in [0.25, 0.3) is 11.1 Å². The summed E-state index contributed by atoms with van der Waals surface area (Å²) < 4.78 is 11.6. The van der Waals surface area contributed by atoms with E-state index in [1.165, 1.54) is 4.90 Å². The zero-order valence-corrected chi connectivity index (χ0v) is 17.5. The molecule has 1 saturated heterocycles. The largest absolute Gasteiger partial charge is 0.480 e. The number of benzene rings is 2. The van der Waals surface area contributed by atoms with Gasteiger partial charge in [-0.25, -0.2) is 9.59 Å². The number of hydrogen-bond donors (Lipinski definition) is 1. The summed E-state index contributed by atoms with van der Waals surface area (Å²) in [6, 6.07) is 15.3. The van der Waals surface area contributed by atoms with Crippen LogP contribution in [0.5, 0.6) is 0 Å². The van der Waals surface area contributed by atoms with Crippen molar-refractivity contribution in [2.24, 2.45) is 0 Å². The lowest BCUT2D eigenvalue weighted by atomic mass is 9.98. The summed E-state index contributed by atoms with van der Waals surface area (Å²) in [5, 5.41) is 9.58. The molecule has 158 valence electrons. The van der Waals surface area contributed by atoms with Crippen LogP contribution in [0.3, 0.4) is 0 Å². The van der Waals surface area contributed by atoms with E-state index in [0.29, 0.717) is 0 Å². The first-order valence-corrected chi connectivity index (χ1v) is 10.3. The van der Waals surface area contributed by atoms with Crippen LogP contribution in [0.4, 0.5) is 4.79 Å². The number of amides is 1. The summed E-state index contributed by atoms with van der Waals surface area (Å²) in [5.74, 6) is -1.10. The number of rotatable bonds is 4. The lowest BCUT2D eigenvalue weighted by Crippen LogP contribution is -2.41. The summed E-state index contributed by atoms with van der Waals surface area (Å²) in [5.41, 5.74) is 4.13. The van der Waals surface area contributed by atoms with E-state index >= 15 is 0 Å². The number of carboxylic acid groups (broad SMARTS) is 1. The minimum absolute atomic E-state index is 0.0612. The standard InChI is InChI=1S/C24H27NO5/c1-24(2,3)30-15-12-21(22(26)27)25(13-15)23(28)29-14-20-18-10-6-4-8-16(18)17-9-5-7-11-19(17)20/h4-11,15,20-21H,12-14H2,1-3H3,(H,26,27)/t15-,21+/m0/s1. The number of carbonyl (C=O) groups is 2. The Labute approximate surface area is 176 Å². The van der Waals surface area contributed by atoms with Crippen molar-refractivity contribution >= 4 is 12.1 Å². The Kier molecular flexibility index (Phi) is 5.28. The second-order valence-electron chi connectivity index (χ2n) is 8.90. The first-order valence-electron chi connectivity index (χ1n) is 10.3. The highest BCUT2D eigenvalue weighted by atomic mass is 16.6. The predicted molar refractivity (Wildman–Crippen MR) is 112 cm³/mol. The van der Waals surface area contributed by atoms with Crippen molar-refractivity contribution in [1.29, 1.82) is 0 Å². The lowest BCUT2D eigenvalue weighted by molar-refractivity contribution is -0.141. The third-order valence-corrected chi connectivity index (χ3v) is 5.64. The minimum Gasteiger partial charge on any atom is -0.480 e. The van der Waals surface area contributed by atoms with E-state index in [1.807, 2.05) is 45.0 Å². The fourth-order valence-corrected chi connectivity index (χ4v) is 4.50. The summed E-state index contributed by atoms with van der Waals surface area (Å²) >= 11 is 0. The molecule has 2 aromatic carbocycles. The summed E-state index contributed by atoms with van der Waals surface area (Å²) in [4.78, 5) is 25.8. The van der Waals surface area contributed by atoms with E-state index in [1.54, 1.807) is 0 Å². The average molecular weight is 409 g/mol. The number of hydrogen-bond acceptors (Lipinski definition) is 4. The second-order valence-corrected chi connectivity index (χ2v) is 8.90. The molecular weight excluding hydrogens is 382 g/mol. The molecule has 2 aromatic rings. The Bertz CT molecular complexity index is 919.